The molecule has 0 aromatic heterocycles. The summed E-state index contributed by atoms with van der Waals surface area (Å²) in [6, 6.07) is 14.5. The average molecular weight is 524 g/mol. The minimum atomic E-state index is -0.193. The van der Waals surface area contributed by atoms with E-state index in [1.165, 1.54) is 6.07 Å². The second-order valence-corrected chi connectivity index (χ2v) is 7.44. The molecule has 0 radical (unpaired) electrons. The van der Waals surface area contributed by atoms with Gasteiger partial charge in [-0.3, -0.25) is 9.79 Å². The maximum atomic E-state index is 13.6. The van der Waals surface area contributed by atoms with Gasteiger partial charge in [-0.2, -0.15) is 0 Å². The van der Waals surface area contributed by atoms with Gasteiger partial charge in [0.25, 0.3) is 5.91 Å². The number of aliphatic imine (C=N–C) groups is 1. The van der Waals surface area contributed by atoms with Crippen LogP contribution in [0.3, 0.4) is 0 Å². The van der Waals surface area contributed by atoms with E-state index in [9.17, 15) is 9.18 Å². The van der Waals surface area contributed by atoms with Crippen molar-refractivity contribution in [3.8, 4) is 0 Å². The van der Waals surface area contributed by atoms with Crippen LogP contribution in [0.5, 0.6) is 0 Å². The highest BCUT2D eigenvalue weighted by molar-refractivity contribution is 14.0. The minimum Gasteiger partial charge on any atom is -0.357 e. The number of nitrogens with one attached hydrogen (secondary N) is 3. The number of carbonyl (C=O) groups excluding carboxylic acids is 1. The smallest absolute Gasteiger partial charge is 0.251 e. The molecule has 3 rings (SSSR count). The largest absolute Gasteiger partial charge is 0.357 e. The van der Waals surface area contributed by atoms with Crippen molar-refractivity contribution in [3.05, 3.63) is 71.0 Å². The van der Waals surface area contributed by atoms with Gasteiger partial charge in [-0.05, 0) is 61.6 Å². The molecule has 0 spiro atoms. The first-order valence-corrected chi connectivity index (χ1v) is 10.2. The molecular weight excluding hydrogens is 494 g/mol. The van der Waals surface area contributed by atoms with Crippen molar-refractivity contribution >= 4 is 35.8 Å². The summed E-state index contributed by atoms with van der Waals surface area (Å²) in [5.74, 6) is 0.487. The van der Waals surface area contributed by atoms with E-state index in [4.69, 9.17) is 4.99 Å². The standard InChI is InChI=1S/C23H29FN4O.HI/c1-3-26-22(27-13-10-17-6-4-7-18(14-17)21(29)25-2)28-16-23(11-12-23)19-8-5-9-20(24)15-19;/h4-9,14-15H,3,10-13,16H2,1-2H3,(H,25,29)(H2,26,27,28);1H. The number of carbonyl (C=O) groups is 1. The van der Waals surface area contributed by atoms with Crippen molar-refractivity contribution in [1.29, 1.82) is 0 Å². The molecule has 2 aromatic carbocycles. The van der Waals surface area contributed by atoms with Crippen LogP contribution in [0, 0.1) is 5.82 Å². The van der Waals surface area contributed by atoms with Crippen LogP contribution in [-0.2, 0) is 11.8 Å². The van der Waals surface area contributed by atoms with Gasteiger partial charge < -0.3 is 16.0 Å². The quantitative estimate of drug-likeness (QED) is 0.281. The normalized spacial score (nSPS) is 14.4. The van der Waals surface area contributed by atoms with Gasteiger partial charge in [0, 0.05) is 31.1 Å². The first-order valence-electron chi connectivity index (χ1n) is 10.2. The topological polar surface area (TPSA) is 65.5 Å². The molecule has 1 amide bonds. The highest BCUT2D eigenvalue weighted by atomic mass is 127. The lowest BCUT2D eigenvalue weighted by Gasteiger charge is -2.16. The van der Waals surface area contributed by atoms with Gasteiger partial charge >= 0.3 is 0 Å². The Hall–Kier alpha value is -2.16. The lowest BCUT2D eigenvalue weighted by molar-refractivity contribution is 0.0963. The first kappa shape index (κ1) is 24.1. The summed E-state index contributed by atoms with van der Waals surface area (Å²) < 4.78 is 13.6. The molecule has 7 heteroatoms. The van der Waals surface area contributed by atoms with E-state index in [1.54, 1.807) is 19.2 Å². The Bertz CT molecular complexity index is 883. The maximum absolute atomic E-state index is 13.6. The summed E-state index contributed by atoms with van der Waals surface area (Å²) in [6.45, 7) is 4.14. The summed E-state index contributed by atoms with van der Waals surface area (Å²) in [5, 5.41) is 9.28. The maximum Gasteiger partial charge on any atom is 0.251 e. The number of rotatable bonds is 8. The Morgan fingerprint density at radius 2 is 1.90 bits per heavy atom. The highest BCUT2D eigenvalue weighted by Gasteiger charge is 2.44. The van der Waals surface area contributed by atoms with Crippen molar-refractivity contribution < 1.29 is 9.18 Å². The van der Waals surface area contributed by atoms with Crippen molar-refractivity contribution in [3.63, 3.8) is 0 Å². The molecule has 1 saturated carbocycles. The Morgan fingerprint density at radius 3 is 2.57 bits per heavy atom. The van der Waals surface area contributed by atoms with Crippen LogP contribution in [0.1, 0.15) is 41.3 Å². The molecule has 30 heavy (non-hydrogen) atoms. The molecule has 3 N–H and O–H groups in total. The van der Waals surface area contributed by atoms with Crippen molar-refractivity contribution in [2.24, 2.45) is 4.99 Å². The van der Waals surface area contributed by atoms with Crippen LogP contribution in [-0.4, -0.2) is 38.5 Å². The second-order valence-electron chi connectivity index (χ2n) is 7.44. The number of benzene rings is 2. The van der Waals surface area contributed by atoms with Crippen molar-refractivity contribution in [1.82, 2.24) is 16.0 Å². The summed E-state index contributed by atoms with van der Waals surface area (Å²) in [4.78, 5) is 16.5. The zero-order valence-corrected chi connectivity index (χ0v) is 19.8. The Balaban J connectivity index is 0.00000320. The van der Waals surface area contributed by atoms with Gasteiger partial charge in [-0.1, -0.05) is 24.3 Å². The highest BCUT2D eigenvalue weighted by Crippen LogP contribution is 2.48. The third-order valence-electron chi connectivity index (χ3n) is 5.30. The zero-order chi connectivity index (χ0) is 20.7. The SMILES string of the molecule is CCNC(=NCC1(c2cccc(F)c2)CC1)NCCc1cccc(C(=O)NC)c1.I. The number of guanidine groups is 1. The number of hydrogen-bond acceptors (Lipinski definition) is 2. The van der Waals surface area contributed by atoms with Crippen LogP contribution in [0.2, 0.25) is 0 Å². The van der Waals surface area contributed by atoms with Gasteiger partial charge in [-0.25, -0.2) is 4.39 Å². The van der Waals surface area contributed by atoms with Crippen LogP contribution < -0.4 is 16.0 Å². The Morgan fingerprint density at radius 1 is 1.13 bits per heavy atom. The predicted molar refractivity (Wildman–Crippen MR) is 130 cm³/mol. The lowest BCUT2D eigenvalue weighted by Crippen LogP contribution is -2.39. The second kappa shape index (κ2) is 11.3. The van der Waals surface area contributed by atoms with E-state index < -0.39 is 0 Å². The van der Waals surface area contributed by atoms with Crippen LogP contribution in [0.15, 0.2) is 53.5 Å². The van der Waals surface area contributed by atoms with Crippen molar-refractivity contribution in [2.75, 3.05) is 26.7 Å². The fourth-order valence-corrected chi connectivity index (χ4v) is 3.42. The molecule has 0 aliphatic heterocycles. The molecule has 0 saturated heterocycles. The Labute approximate surface area is 195 Å². The van der Waals surface area contributed by atoms with Crippen molar-refractivity contribution in [2.45, 2.75) is 31.6 Å². The molecule has 162 valence electrons. The van der Waals surface area contributed by atoms with E-state index in [2.05, 4.69) is 16.0 Å². The first-order chi connectivity index (χ1) is 14.1. The molecule has 1 aliphatic carbocycles. The summed E-state index contributed by atoms with van der Waals surface area (Å²) >= 11 is 0. The van der Waals surface area contributed by atoms with Crippen LogP contribution in [0.25, 0.3) is 0 Å². The molecule has 1 aliphatic rings. The van der Waals surface area contributed by atoms with Gasteiger partial charge in [0.2, 0.25) is 0 Å². The number of halogens is 2. The number of amides is 1. The van der Waals surface area contributed by atoms with E-state index in [0.717, 1.165) is 42.9 Å². The molecular formula is C23H30FIN4O. The third-order valence-corrected chi connectivity index (χ3v) is 5.30. The number of nitrogens with zero attached hydrogens (tertiary/aromatic N) is 1. The van der Waals surface area contributed by atoms with Gasteiger partial charge in [0.05, 0.1) is 6.54 Å². The molecule has 0 bridgehead atoms. The average Bonchev–Trinajstić information content (AvgIpc) is 3.53. The third kappa shape index (κ3) is 6.42. The number of hydrogen-bond donors (Lipinski definition) is 3. The Kier molecular flexibility index (Phi) is 9.08. The monoisotopic (exact) mass is 524 g/mol. The molecule has 0 heterocycles. The molecule has 0 unspecified atom stereocenters. The fourth-order valence-electron chi connectivity index (χ4n) is 3.42. The molecule has 0 atom stereocenters. The van der Waals surface area contributed by atoms with E-state index in [1.807, 2.05) is 37.3 Å². The molecule has 1 fully saturated rings. The fraction of sp³-hybridized carbons (Fsp3) is 0.391. The summed E-state index contributed by atoms with van der Waals surface area (Å²) in [6.07, 6.45) is 2.85. The van der Waals surface area contributed by atoms with Gasteiger partial charge in [0.1, 0.15) is 5.82 Å². The van der Waals surface area contributed by atoms with Crippen LogP contribution >= 0.6 is 24.0 Å². The van der Waals surface area contributed by atoms with E-state index in [0.29, 0.717) is 18.7 Å². The van der Waals surface area contributed by atoms with E-state index >= 15 is 0 Å². The molecule has 2 aromatic rings. The summed E-state index contributed by atoms with van der Waals surface area (Å²) in [5.41, 5.74) is 2.75. The van der Waals surface area contributed by atoms with Crippen LogP contribution in [0.4, 0.5) is 4.39 Å². The summed E-state index contributed by atoms with van der Waals surface area (Å²) in [7, 11) is 1.63. The zero-order valence-electron chi connectivity index (χ0n) is 17.5. The van der Waals surface area contributed by atoms with Gasteiger partial charge in [-0.15, -0.1) is 24.0 Å². The minimum absolute atomic E-state index is 0. The molecule has 5 nitrogen and oxygen atoms in total. The van der Waals surface area contributed by atoms with E-state index in [-0.39, 0.29) is 41.1 Å². The van der Waals surface area contributed by atoms with Gasteiger partial charge in [0.15, 0.2) is 5.96 Å². The lowest BCUT2D eigenvalue weighted by atomic mass is 9.96. The predicted octanol–water partition coefficient (Wildman–Crippen LogP) is 3.63.